The molecule has 0 aliphatic carbocycles. The lowest BCUT2D eigenvalue weighted by Crippen LogP contribution is -2.52. The van der Waals surface area contributed by atoms with Crippen LogP contribution in [0.25, 0.3) is 0 Å². The van der Waals surface area contributed by atoms with Crippen molar-refractivity contribution in [3.05, 3.63) is 69.7 Å². The largest absolute Gasteiger partial charge is 0.352 e. The van der Waals surface area contributed by atoms with E-state index in [1.807, 2.05) is 44.2 Å². The van der Waals surface area contributed by atoms with Gasteiger partial charge in [0.15, 0.2) is 0 Å². The minimum absolute atomic E-state index is 0.0264. The van der Waals surface area contributed by atoms with Crippen LogP contribution < -0.4 is 5.32 Å². The predicted octanol–water partition coefficient (Wildman–Crippen LogP) is 5.26. The number of carbonyl (C=O) groups is 2. The lowest BCUT2D eigenvalue weighted by atomic mass is 10.0. The number of benzene rings is 2. The van der Waals surface area contributed by atoms with Crippen LogP contribution in [0.3, 0.4) is 0 Å². The zero-order chi connectivity index (χ0) is 21.4. The maximum Gasteiger partial charge on any atom is 0.243 e. The highest BCUT2D eigenvalue weighted by molar-refractivity contribution is 6.35. The van der Waals surface area contributed by atoms with Crippen molar-refractivity contribution in [1.29, 1.82) is 0 Å². The summed E-state index contributed by atoms with van der Waals surface area (Å²) >= 11 is 12.4. The Morgan fingerprint density at radius 1 is 1.07 bits per heavy atom. The first-order valence-corrected chi connectivity index (χ1v) is 10.7. The van der Waals surface area contributed by atoms with Crippen LogP contribution in [0.4, 0.5) is 0 Å². The average Bonchev–Trinajstić information content (AvgIpc) is 2.72. The average molecular weight is 435 g/mol. The molecule has 0 aliphatic rings. The van der Waals surface area contributed by atoms with E-state index in [0.717, 1.165) is 17.5 Å². The van der Waals surface area contributed by atoms with E-state index < -0.39 is 6.04 Å². The topological polar surface area (TPSA) is 49.4 Å². The number of amides is 2. The van der Waals surface area contributed by atoms with Crippen LogP contribution in [0.2, 0.25) is 10.0 Å². The van der Waals surface area contributed by atoms with Crippen LogP contribution >= 0.6 is 23.2 Å². The van der Waals surface area contributed by atoms with Gasteiger partial charge in [0.2, 0.25) is 11.8 Å². The molecule has 1 N–H and O–H groups in total. The molecular weight excluding hydrogens is 407 g/mol. The molecule has 0 aliphatic heterocycles. The number of carbonyl (C=O) groups excluding carboxylic acids is 2. The Bertz CT molecular complexity index is 827. The van der Waals surface area contributed by atoms with Crippen LogP contribution in [0, 0.1) is 0 Å². The molecule has 0 spiro atoms. The Morgan fingerprint density at radius 3 is 2.34 bits per heavy atom. The molecule has 0 fully saturated rings. The molecular formula is C23H28Cl2N2O2. The first-order valence-electron chi connectivity index (χ1n) is 9.93. The van der Waals surface area contributed by atoms with Crippen molar-refractivity contribution in [3.8, 4) is 0 Å². The summed E-state index contributed by atoms with van der Waals surface area (Å²) < 4.78 is 0. The number of nitrogens with one attached hydrogen (secondary N) is 1. The van der Waals surface area contributed by atoms with E-state index in [1.165, 1.54) is 0 Å². The highest BCUT2D eigenvalue weighted by Gasteiger charge is 2.30. The molecule has 0 radical (unpaired) electrons. The number of hydrogen-bond acceptors (Lipinski definition) is 2. The van der Waals surface area contributed by atoms with Crippen LogP contribution in [-0.2, 0) is 22.6 Å². The highest BCUT2D eigenvalue weighted by atomic mass is 35.5. The maximum absolute atomic E-state index is 13.1. The van der Waals surface area contributed by atoms with Crippen molar-refractivity contribution >= 4 is 35.0 Å². The Hall–Kier alpha value is -2.04. The van der Waals surface area contributed by atoms with Gasteiger partial charge in [0.1, 0.15) is 6.04 Å². The Labute approximate surface area is 183 Å². The molecule has 0 saturated carbocycles. The van der Waals surface area contributed by atoms with Gasteiger partial charge in [-0.15, -0.1) is 0 Å². The van der Waals surface area contributed by atoms with E-state index in [4.69, 9.17) is 23.2 Å². The Morgan fingerprint density at radius 2 is 1.76 bits per heavy atom. The summed E-state index contributed by atoms with van der Waals surface area (Å²) in [6.07, 6.45) is 1.54. The lowest BCUT2D eigenvalue weighted by Gasteiger charge is -2.32. The van der Waals surface area contributed by atoms with Gasteiger partial charge in [-0.25, -0.2) is 0 Å². The lowest BCUT2D eigenvalue weighted by molar-refractivity contribution is -0.141. The van der Waals surface area contributed by atoms with Gasteiger partial charge < -0.3 is 10.2 Å². The zero-order valence-electron chi connectivity index (χ0n) is 17.1. The molecule has 2 atom stereocenters. The van der Waals surface area contributed by atoms with Gasteiger partial charge in [-0.2, -0.15) is 0 Å². The summed E-state index contributed by atoms with van der Waals surface area (Å²) in [6, 6.07) is 14.3. The molecule has 0 aromatic heterocycles. The Balaban J connectivity index is 2.39. The standard InChI is InChI=1S/C23H28Cl2N2O2/c1-4-16(3)26-23(29)21(13-17-9-7-6-8-10-17)27(22(28)5-2)15-18-11-12-19(24)14-20(18)25/h6-12,14,16,21H,4-5,13,15H2,1-3H3,(H,26,29)/t16-,21+/m1/s1. The maximum atomic E-state index is 13.1. The van der Waals surface area contributed by atoms with Crippen molar-refractivity contribution in [1.82, 2.24) is 10.2 Å². The van der Waals surface area contributed by atoms with Crippen LogP contribution in [0.15, 0.2) is 48.5 Å². The van der Waals surface area contributed by atoms with Crippen LogP contribution in [0.1, 0.15) is 44.7 Å². The number of rotatable bonds is 9. The van der Waals surface area contributed by atoms with Crippen LogP contribution in [-0.4, -0.2) is 28.8 Å². The van der Waals surface area contributed by atoms with Crippen molar-refractivity contribution in [2.24, 2.45) is 0 Å². The number of nitrogens with zero attached hydrogens (tertiary/aromatic N) is 1. The highest BCUT2D eigenvalue weighted by Crippen LogP contribution is 2.24. The van der Waals surface area contributed by atoms with Gasteiger partial charge in [-0.1, -0.05) is 73.4 Å². The van der Waals surface area contributed by atoms with Gasteiger partial charge in [-0.3, -0.25) is 9.59 Å². The molecule has 156 valence electrons. The normalized spacial score (nSPS) is 12.9. The third-order valence-corrected chi connectivity index (χ3v) is 5.52. The third-order valence-electron chi connectivity index (χ3n) is 4.93. The number of halogens is 2. The van der Waals surface area contributed by atoms with E-state index in [2.05, 4.69) is 5.32 Å². The summed E-state index contributed by atoms with van der Waals surface area (Å²) in [5.41, 5.74) is 1.75. The molecule has 0 heterocycles. The second-order valence-corrected chi connectivity index (χ2v) is 7.98. The molecule has 29 heavy (non-hydrogen) atoms. The summed E-state index contributed by atoms with van der Waals surface area (Å²) in [4.78, 5) is 27.6. The van der Waals surface area contributed by atoms with Crippen molar-refractivity contribution in [3.63, 3.8) is 0 Å². The second-order valence-electron chi connectivity index (χ2n) is 7.13. The summed E-state index contributed by atoms with van der Waals surface area (Å²) in [5, 5.41) is 4.04. The second kappa shape index (κ2) is 11.2. The van der Waals surface area contributed by atoms with Gasteiger partial charge in [0, 0.05) is 35.5 Å². The van der Waals surface area contributed by atoms with Gasteiger partial charge >= 0.3 is 0 Å². The fourth-order valence-electron chi connectivity index (χ4n) is 3.03. The minimum atomic E-state index is -0.634. The minimum Gasteiger partial charge on any atom is -0.352 e. The van der Waals surface area contributed by atoms with Gasteiger partial charge in [0.05, 0.1) is 0 Å². The fraction of sp³-hybridized carbons (Fsp3) is 0.391. The molecule has 4 nitrogen and oxygen atoms in total. The van der Waals surface area contributed by atoms with Gasteiger partial charge in [-0.05, 0) is 36.6 Å². The molecule has 0 unspecified atom stereocenters. The van der Waals surface area contributed by atoms with E-state index >= 15 is 0 Å². The molecule has 6 heteroatoms. The molecule has 0 bridgehead atoms. The predicted molar refractivity (Wildman–Crippen MR) is 119 cm³/mol. The summed E-state index contributed by atoms with van der Waals surface area (Å²) in [5.74, 6) is -0.258. The van der Waals surface area contributed by atoms with Crippen molar-refractivity contribution < 1.29 is 9.59 Å². The van der Waals surface area contributed by atoms with E-state index in [9.17, 15) is 9.59 Å². The third kappa shape index (κ3) is 6.76. The molecule has 0 saturated heterocycles. The van der Waals surface area contributed by atoms with Gasteiger partial charge in [0.25, 0.3) is 0 Å². The van der Waals surface area contributed by atoms with Crippen LogP contribution in [0.5, 0.6) is 0 Å². The SMILES string of the molecule is CCC(=O)N(Cc1ccc(Cl)cc1Cl)[C@@H](Cc1ccccc1)C(=O)N[C@H](C)CC. The van der Waals surface area contributed by atoms with Crippen molar-refractivity contribution in [2.75, 3.05) is 0 Å². The van der Waals surface area contributed by atoms with Crippen molar-refractivity contribution in [2.45, 2.75) is 58.7 Å². The van der Waals surface area contributed by atoms with E-state index in [0.29, 0.717) is 22.9 Å². The van der Waals surface area contributed by atoms with E-state index in [1.54, 1.807) is 30.0 Å². The number of hydrogen-bond donors (Lipinski definition) is 1. The summed E-state index contributed by atoms with van der Waals surface area (Å²) in [6.45, 7) is 6.01. The first kappa shape index (κ1) is 23.2. The quantitative estimate of drug-likeness (QED) is 0.584. The first-order chi connectivity index (χ1) is 13.8. The molecule has 2 amide bonds. The van der Waals surface area contributed by atoms with E-state index in [-0.39, 0.29) is 24.4 Å². The molecule has 2 aromatic rings. The molecule has 2 aromatic carbocycles. The Kier molecular flexibility index (Phi) is 8.99. The summed E-state index contributed by atoms with van der Waals surface area (Å²) in [7, 11) is 0. The monoisotopic (exact) mass is 434 g/mol. The molecule has 2 rings (SSSR count). The smallest absolute Gasteiger partial charge is 0.243 e. The fourth-order valence-corrected chi connectivity index (χ4v) is 3.50. The zero-order valence-corrected chi connectivity index (χ0v) is 18.6.